The first-order valence-electron chi connectivity index (χ1n) is 9.17. The quantitative estimate of drug-likeness (QED) is 0.461. The largest absolute Gasteiger partial charge is 0.359 e. The number of amides is 1. The number of carbonyl (C=O) groups is 1. The lowest BCUT2D eigenvalue weighted by molar-refractivity contribution is 0.0955. The molecule has 3 N–H and O–H groups in total. The van der Waals surface area contributed by atoms with Crippen LogP contribution in [0.3, 0.4) is 0 Å². The molecule has 6 nitrogen and oxygen atoms in total. The fraction of sp³-hybridized carbons (Fsp3) is 0.238. The number of benzene rings is 1. The molecule has 0 saturated heterocycles. The third-order valence-corrected chi connectivity index (χ3v) is 5.67. The van der Waals surface area contributed by atoms with E-state index in [1.807, 2.05) is 37.2 Å². The molecule has 0 fully saturated rings. The zero-order valence-corrected chi connectivity index (χ0v) is 17.0. The monoisotopic (exact) mass is 393 g/mol. The number of H-pyrrole nitrogens is 1. The molecule has 1 amide bonds. The van der Waals surface area contributed by atoms with Crippen molar-refractivity contribution in [2.24, 2.45) is 0 Å². The smallest absolute Gasteiger partial charge is 0.261 e. The maximum atomic E-state index is 12.4. The predicted molar refractivity (Wildman–Crippen MR) is 117 cm³/mol. The van der Waals surface area contributed by atoms with Crippen LogP contribution in [0.2, 0.25) is 0 Å². The topological polar surface area (TPSA) is 73.1 Å². The Kier molecular flexibility index (Phi) is 5.02. The second-order valence-corrected chi connectivity index (χ2v) is 8.17. The summed E-state index contributed by atoms with van der Waals surface area (Å²) >= 11 is 1.46. The van der Waals surface area contributed by atoms with Crippen LogP contribution in [0.25, 0.3) is 21.1 Å². The van der Waals surface area contributed by atoms with Gasteiger partial charge in [0.05, 0.1) is 20.8 Å². The molecule has 0 spiro atoms. The number of aromatic amines is 1. The molecular weight excluding hydrogens is 370 g/mol. The number of pyridine rings is 1. The summed E-state index contributed by atoms with van der Waals surface area (Å²) in [5.74, 6) is -0.0555. The molecule has 0 radical (unpaired) electrons. The highest BCUT2D eigenvalue weighted by molar-refractivity contribution is 7.21. The summed E-state index contributed by atoms with van der Waals surface area (Å²) in [6.07, 6.45) is 1.77. The number of nitrogens with zero attached hydrogens (tertiary/aromatic N) is 2. The third-order valence-electron chi connectivity index (χ3n) is 4.51. The zero-order chi connectivity index (χ0) is 19.7. The Morgan fingerprint density at radius 2 is 2.07 bits per heavy atom. The molecule has 7 heteroatoms. The van der Waals surface area contributed by atoms with Gasteiger partial charge in [-0.25, -0.2) is 0 Å². The number of aryl methyl sites for hydroxylation is 1. The van der Waals surface area contributed by atoms with Crippen LogP contribution in [0.1, 0.15) is 15.4 Å². The van der Waals surface area contributed by atoms with Gasteiger partial charge in [-0.05, 0) is 57.4 Å². The van der Waals surface area contributed by atoms with Crippen LogP contribution in [0.5, 0.6) is 0 Å². The van der Waals surface area contributed by atoms with Crippen molar-refractivity contribution in [3.05, 3.63) is 53.2 Å². The van der Waals surface area contributed by atoms with E-state index in [1.54, 1.807) is 6.20 Å². The Morgan fingerprint density at radius 3 is 2.89 bits per heavy atom. The van der Waals surface area contributed by atoms with Crippen LogP contribution in [-0.2, 0) is 0 Å². The minimum absolute atomic E-state index is 0.0555. The minimum Gasteiger partial charge on any atom is -0.359 e. The summed E-state index contributed by atoms with van der Waals surface area (Å²) < 4.78 is 0.977. The van der Waals surface area contributed by atoms with E-state index >= 15 is 0 Å². The Hall–Kier alpha value is -2.90. The molecule has 0 aliphatic rings. The van der Waals surface area contributed by atoms with Crippen molar-refractivity contribution in [1.82, 2.24) is 20.2 Å². The van der Waals surface area contributed by atoms with Gasteiger partial charge in [0.25, 0.3) is 5.91 Å². The number of nitrogens with one attached hydrogen (secondary N) is 3. The standard InChI is InChI=1S/C21H23N5OS/c1-13-10-14-11-15(4-5-16(14)24-13)25-17-6-7-22-18-12-19(28-20(17)18)21(27)23-8-9-26(2)3/h4-7,10-12,24H,8-9H2,1-3H3,(H,22,25)(H,23,27). The zero-order valence-electron chi connectivity index (χ0n) is 16.2. The fourth-order valence-electron chi connectivity index (χ4n) is 3.14. The van der Waals surface area contributed by atoms with Gasteiger partial charge < -0.3 is 20.5 Å². The summed E-state index contributed by atoms with van der Waals surface area (Å²) in [6.45, 7) is 3.48. The summed E-state index contributed by atoms with van der Waals surface area (Å²) in [5, 5.41) is 7.60. The number of fused-ring (bicyclic) bond motifs is 2. The number of likely N-dealkylation sites (N-methyl/N-ethyl adjacent to an activating group) is 1. The fourth-order valence-corrected chi connectivity index (χ4v) is 4.14. The first kappa shape index (κ1) is 18.5. The molecule has 3 heterocycles. The van der Waals surface area contributed by atoms with Crippen LogP contribution in [0.15, 0.2) is 42.6 Å². The number of rotatable bonds is 6. The first-order valence-corrected chi connectivity index (χ1v) is 9.99. The Bertz CT molecular complexity index is 1140. The molecule has 1 aromatic carbocycles. The van der Waals surface area contributed by atoms with Crippen molar-refractivity contribution in [3.8, 4) is 0 Å². The van der Waals surface area contributed by atoms with Gasteiger partial charge >= 0.3 is 0 Å². The molecule has 0 bridgehead atoms. The maximum absolute atomic E-state index is 12.4. The predicted octanol–water partition coefficient (Wildman–Crippen LogP) is 4.12. The number of hydrogen-bond donors (Lipinski definition) is 3. The van der Waals surface area contributed by atoms with E-state index < -0.39 is 0 Å². The second-order valence-electron chi connectivity index (χ2n) is 7.12. The van der Waals surface area contributed by atoms with E-state index in [4.69, 9.17) is 0 Å². The molecule has 0 unspecified atom stereocenters. The normalized spacial score (nSPS) is 11.4. The number of aromatic nitrogens is 2. The summed E-state index contributed by atoms with van der Waals surface area (Å²) in [6, 6.07) is 12.2. The number of thiophene rings is 1. The van der Waals surface area contributed by atoms with Gasteiger partial charge in [0.1, 0.15) is 0 Å². The molecule has 0 saturated carbocycles. The summed E-state index contributed by atoms with van der Waals surface area (Å²) in [5.41, 5.74) is 5.04. The van der Waals surface area contributed by atoms with Crippen molar-refractivity contribution >= 4 is 49.7 Å². The molecule has 0 aliphatic carbocycles. The van der Waals surface area contributed by atoms with Crippen molar-refractivity contribution in [1.29, 1.82) is 0 Å². The van der Waals surface area contributed by atoms with Crippen molar-refractivity contribution < 1.29 is 4.79 Å². The molecule has 28 heavy (non-hydrogen) atoms. The number of carbonyl (C=O) groups excluding carboxylic acids is 1. The van der Waals surface area contributed by atoms with Crippen LogP contribution in [-0.4, -0.2) is 48.0 Å². The van der Waals surface area contributed by atoms with Gasteiger partial charge in [0.2, 0.25) is 0 Å². The Labute approximate surface area is 167 Å². The van der Waals surface area contributed by atoms with E-state index in [9.17, 15) is 4.79 Å². The highest BCUT2D eigenvalue weighted by atomic mass is 32.1. The molecule has 144 valence electrons. The van der Waals surface area contributed by atoms with Crippen LogP contribution in [0.4, 0.5) is 11.4 Å². The summed E-state index contributed by atoms with van der Waals surface area (Å²) in [4.78, 5) is 22.9. The van der Waals surface area contributed by atoms with Gasteiger partial charge in [-0.15, -0.1) is 11.3 Å². The molecule has 3 aromatic heterocycles. The molecule has 4 rings (SSSR count). The molecule has 0 atom stereocenters. The van der Waals surface area contributed by atoms with E-state index in [1.165, 1.54) is 16.7 Å². The van der Waals surface area contributed by atoms with Crippen molar-refractivity contribution in [2.75, 3.05) is 32.5 Å². The van der Waals surface area contributed by atoms with Gasteiger partial charge in [-0.3, -0.25) is 9.78 Å². The lowest BCUT2D eigenvalue weighted by Crippen LogP contribution is -2.30. The van der Waals surface area contributed by atoms with E-state index in [0.717, 1.165) is 39.3 Å². The SMILES string of the molecule is Cc1cc2cc(Nc3ccnc4cc(C(=O)NCCN(C)C)sc34)ccc2[nH]1. The second kappa shape index (κ2) is 7.61. The van der Waals surface area contributed by atoms with Gasteiger partial charge in [0, 0.05) is 41.6 Å². The minimum atomic E-state index is -0.0555. The van der Waals surface area contributed by atoms with Crippen LogP contribution < -0.4 is 10.6 Å². The van der Waals surface area contributed by atoms with Crippen molar-refractivity contribution in [2.45, 2.75) is 6.92 Å². The Morgan fingerprint density at radius 1 is 1.21 bits per heavy atom. The average Bonchev–Trinajstić information content (AvgIpc) is 3.24. The lowest BCUT2D eigenvalue weighted by Gasteiger charge is -2.09. The maximum Gasteiger partial charge on any atom is 0.261 e. The first-order chi connectivity index (χ1) is 13.5. The number of hydrogen-bond acceptors (Lipinski definition) is 5. The molecule has 4 aromatic rings. The Balaban J connectivity index is 1.58. The van der Waals surface area contributed by atoms with Crippen LogP contribution in [0, 0.1) is 6.92 Å². The summed E-state index contributed by atoms with van der Waals surface area (Å²) in [7, 11) is 3.97. The highest BCUT2D eigenvalue weighted by Gasteiger charge is 2.13. The molecular formula is C21H23N5OS. The van der Waals surface area contributed by atoms with Gasteiger partial charge in [-0.2, -0.15) is 0 Å². The number of anilines is 2. The molecule has 0 aliphatic heterocycles. The third kappa shape index (κ3) is 3.85. The lowest BCUT2D eigenvalue weighted by atomic mass is 10.2. The van der Waals surface area contributed by atoms with Gasteiger partial charge in [0.15, 0.2) is 0 Å². The van der Waals surface area contributed by atoms with Crippen LogP contribution >= 0.6 is 11.3 Å². The highest BCUT2D eigenvalue weighted by Crippen LogP contribution is 2.33. The average molecular weight is 394 g/mol. The van der Waals surface area contributed by atoms with E-state index in [2.05, 4.69) is 45.7 Å². The van der Waals surface area contributed by atoms with Gasteiger partial charge in [-0.1, -0.05) is 0 Å². The van der Waals surface area contributed by atoms with E-state index in [-0.39, 0.29) is 5.91 Å². The van der Waals surface area contributed by atoms with E-state index in [0.29, 0.717) is 11.4 Å². The van der Waals surface area contributed by atoms with Crippen molar-refractivity contribution in [3.63, 3.8) is 0 Å².